The minimum atomic E-state index is -3.70. The standard InChI is InChI=1S/C21H26N2O5S/c1-15(17-7-5-4-6-8-17)14-22-21(24)16(2)23(29(3,25)26)18-9-10-19-20(13-18)28-12-11-27-19/h4-10,13,15-16H,11-12,14H2,1-3H3,(H,22,24)/t15-,16+/m1/s1. The fourth-order valence-corrected chi connectivity index (χ4v) is 4.45. The van der Waals surface area contributed by atoms with Crippen molar-refractivity contribution in [2.24, 2.45) is 0 Å². The molecule has 1 amide bonds. The molecule has 0 aliphatic carbocycles. The fourth-order valence-electron chi connectivity index (χ4n) is 3.28. The lowest BCUT2D eigenvalue weighted by molar-refractivity contribution is -0.121. The molecule has 3 rings (SSSR count). The number of hydrogen-bond acceptors (Lipinski definition) is 5. The summed E-state index contributed by atoms with van der Waals surface area (Å²) in [4.78, 5) is 12.8. The first-order valence-corrected chi connectivity index (χ1v) is 11.3. The minimum absolute atomic E-state index is 0.105. The number of fused-ring (bicyclic) bond motifs is 1. The van der Waals surface area contributed by atoms with Gasteiger partial charge in [0, 0.05) is 12.6 Å². The van der Waals surface area contributed by atoms with E-state index in [1.165, 1.54) is 0 Å². The van der Waals surface area contributed by atoms with E-state index in [4.69, 9.17) is 9.47 Å². The third-order valence-corrected chi connectivity index (χ3v) is 6.06. The maximum atomic E-state index is 12.8. The first-order chi connectivity index (χ1) is 13.8. The molecule has 2 aromatic carbocycles. The van der Waals surface area contributed by atoms with Crippen LogP contribution in [0.4, 0.5) is 5.69 Å². The first-order valence-electron chi connectivity index (χ1n) is 9.49. The molecule has 0 unspecified atom stereocenters. The molecule has 7 nitrogen and oxygen atoms in total. The van der Waals surface area contributed by atoms with E-state index in [1.807, 2.05) is 37.3 Å². The maximum absolute atomic E-state index is 12.8. The van der Waals surface area contributed by atoms with Crippen LogP contribution in [-0.4, -0.2) is 46.4 Å². The molecule has 0 saturated carbocycles. The van der Waals surface area contributed by atoms with Crippen LogP contribution in [0.15, 0.2) is 48.5 Å². The molecule has 2 aromatic rings. The molecule has 0 aromatic heterocycles. The Morgan fingerprint density at radius 1 is 1.07 bits per heavy atom. The van der Waals surface area contributed by atoms with Gasteiger partial charge < -0.3 is 14.8 Å². The van der Waals surface area contributed by atoms with Crippen molar-refractivity contribution in [3.05, 3.63) is 54.1 Å². The Labute approximate surface area is 171 Å². The van der Waals surface area contributed by atoms with Crippen LogP contribution < -0.4 is 19.1 Å². The van der Waals surface area contributed by atoms with Crippen LogP contribution in [-0.2, 0) is 14.8 Å². The Morgan fingerprint density at radius 3 is 2.38 bits per heavy atom. The molecular formula is C21H26N2O5S. The van der Waals surface area contributed by atoms with Gasteiger partial charge in [0.25, 0.3) is 0 Å². The number of benzene rings is 2. The zero-order chi connectivity index (χ0) is 21.0. The van der Waals surface area contributed by atoms with Crippen LogP contribution in [0.2, 0.25) is 0 Å². The molecule has 1 N–H and O–H groups in total. The van der Waals surface area contributed by atoms with Crippen molar-refractivity contribution in [3.8, 4) is 11.5 Å². The molecule has 156 valence electrons. The monoisotopic (exact) mass is 418 g/mol. The molecule has 0 fully saturated rings. The summed E-state index contributed by atoms with van der Waals surface area (Å²) < 4.78 is 37.1. The van der Waals surface area contributed by atoms with E-state index < -0.39 is 16.1 Å². The molecular weight excluding hydrogens is 392 g/mol. The summed E-state index contributed by atoms with van der Waals surface area (Å²) in [7, 11) is -3.70. The summed E-state index contributed by atoms with van der Waals surface area (Å²) in [5.41, 5.74) is 1.46. The number of sulfonamides is 1. The van der Waals surface area contributed by atoms with Crippen molar-refractivity contribution in [2.75, 3.05) is 30.3 Å². The van der Waals surface area contributed by atoms with Crippen molar-refractivity contribution in [1.82, 2.24) is 5.32 Å². The zero-order valence-corrected chi connectivity index (χ0v) is 17.6. The van der Waals surface area contributed by atoms with Gasteiger partial charge in [0.05, 0.1) is 11.9 Å². The molecule has 0 bridgehead atoms. The number of nitrogens with one attached hydrogen (secondary N) is 1. The number of anilines is 1. The Kier molecular flexibility index (Phi) is 6.32. The highest BCUT2D eigenvalue weighted by Crippen LogP contribution is 2.35. The van der Waals surface area contributed by atoms with Crippen LogP contribution in [0, 0.1) is 0 Å². The van der Waals surface area contributed by atoms with E-state index in [9.17, 15) is 13.2 Å². The molecule has 0 spiro atoms. The molecule has 1 aliphatic rings. The van der Waals surface area contributed by atoms with Crippen molar-refractivity contribution >= 4 is 21.6 Å². The predicted molar refractivity (Wildman–Crippen MR) is 112 cm³/mol. The lowest BCUT2D eigenvalue weighted by Gasteiger charge is -2.29. The highest BCUT2D eigenvalue weighted by molar-refractivity contribution is 7.92. The molecule has 1 heterocycles. The van der Waals surface area contributed by atoms with Crippen LogP contribution in [0.1, 0.15) is 25.3 Å². The molecule has 2 atom stereocenters. The Balaban J connectivity index is 1.76. The van der Waals surface area contributed by atoms with Gasteiger partial charge in [-0.25, -0.2) is 8.42 Å². The van der Waals surface area contributed by atoms with Gasteiger partial charge in [0.15, 0.2) is 11.5 Å². The Morgan fingerprint density at radius 2 is 1.72 bits per heavy atom. The highest BCUT2D eigenvalue weighted by Gasteiger charge is 2.30. The van der Waals surface area contributed by atoms with Gasteiger partial charge in [-0.15, -0.1) is 0 Å². The van der Waals surface area contributed by atoms with E-state index in [-0.39, 0.29) is 11.8 Å². The predicted octanol–water partition coefficient (Wildman–Crippen LogP) is 2.53. The quantitative estimate of drug-likeness (QED) is 0.747. The van der Waals surface area contributed by atoms with Crippen LogP contribution in [0.25, 0.3) is 0 Å². The van der Waals surface area contributed by atoms with Crippen LogP contribution in [0.3, 0.4) is 0 Å². The van der Waals surface area contributed by atoms with E-state index in [0.717, 1.165) is 16.1 Å². The second-order valence-corrected chi connectivity index (χ2v) is 8.98. The topological polar surface area (TPSA) is 84.9 Å². The van der Waals surface area contributed by atoms with Gasteiger partial charge in [-0.05, 0) is 30.5 Å². The Bertz CT molecular complexity index is 962. The number of amides is 1. The van der Waals surface area contributed by atoms with Crippen molar-refractivity contribution < 1.29 is 22.7 Å². The number of ether oxygens (including phenoxy) is 2. The number of carbonyl (C=O) groups is 1. The smallest absolute Gasteiger partial charge is 0.243 e. The van der Waals surface area contributed by atoms with Crippen molar-refractivity contribution in [3.63, 3.8) is 0 Å². The van der Waals surface area contributed by atoms with E-state index >= 15 is 0 Å². The fraction of sp³-hybridized carbons (Fsp3) is 0.381. The molecule has 8 heteroatoms. The Hall–Kier alpha value is -2.74. The molecule has 29 heavy (non-hydrogen) atoms. The van der Waals surface area contributed by atoms with Gasteiger partial charge in [-0.3, -0.25) is 9.10 Å². The van der Waals surface area contributed by atoms with Gasteiger partial charge in [-0.2, -0.15) is 0 Å². The number of hydrogen-bond donors (Lipinski definition) is 1. The SMILES string of the molecule is C[C@H](CNC(=O)[C@H](C)N(c1ccc2c(c1)OCCO2)S(C)(=O)=O)c1ccccc1. The minimum Gasteiger partial charge on any atom is -0.486 e. The van der Waals surface area contributed by atoms with Gasteiger partial charge >= 0.3 is 0 Å². The highest BCUT2D eigenvalue weighted by atomic mass is 32.2. The number of rotatable bonds is 7. The van der Waals surface area contributed by atoms with E-state index in [2.05, 4.69) is 5.32 Å². The van der Waals surface area contributed by atoms with Gasteiger partial charge in [0.2, 0.25) is 15.9 Å². The van der Waals surface area contributed by atoms with Gasteiger partial charge in [-0.1, -0.05) is 37.3 Å². The summed E-state index contributed by atoms with van der Waals surface area (Å²) in [6.07, 6.45) is 1.08. The van der Waals surface area contributed by atoms with E-state index in [1.54, 1.807) is 25.1 Å². The summed E-state index contributed by atoms with van der Waals surface area (Å²) in [5.74, 6) is 0.761. The third-order valence-electron chi connectivity index (χ3n) is 4.82. The summed E-state index contributed by atoms with van der Waals surface area (Å²) in [5, 5.41) is 2.86. The van der Waals surface area contributed by atoms with E-state index in [0.29, 0.717) is 36.9 Å². The molecule has 0 saturated heterocycles. The number of nitrogens with zero attached hydrogens (tertiary/aromatic N) is 1. The third kappa shape index (κ3) is 5.00. The average molecular weight is 419 g/mol. The summed E-state index contributed by atoms with van der Waals surface area (Å²) in [6.45, 7) is 4.82. The lowest BCUT2D eigenvalue weighted by atomic mass is 10.0. The normalized spacial score (nSPS) is 15.3. The van der Waals surface area contributed by atoms with Crippen molar-refractivity contribution in [1.29, 1.82) is 0 Å². The average Bonchev–Trinajstić information content (AvgIpc) is 2.71. The maximum Gasteiger partial charge on any atom is 0.243 e. The second kappa shape index (κ2) is 8.73. The summed E-state index contributed by atoms with van der Waals surface area (Å²) >= 11 is 0. The first kappa shape index (κ1) is 21.0. The lowest BCUT2D eigenvalue weighted by Crippen LogP contribution is -2.48. The van der Waals surface area contributed by atoms with Crippen molar-refractivity contribution in [2.45, 2.75) is 25.8 Å². The number of carbonyl (C=O) groups excluding carboxylic acids is 1. The van der Waals surface area contributed by atoms with Crippen LogP contribution in [0.5, 0.6) is 11.5 Å². The largest absolute Gasteiger partial charge is 0.486 e. The van der Waals surface area contributed by atoms with Gasteiger partial charge in [0.1, 0.15) is 19.3 Å². The second-order valence-electron chi connectivity index (χ2n) is 7.12. The molecule has 1 aliphatic heterocycles. The summed E-state index contributed by atoms with van der Waals surface area (Å²) in [6, 6.07) is 13.8. The van der Waals surface area contributed by atoms with Crippen LogP contribution >= 0.6 is 0 Å². The zero-order valence-electron chi connectivity index (χ0n) is 16.8. The molecule has 0 radical (unpaired) electrons.